The van der Waals surface area contributed by atoms with Gasteiger partial charge in [0.2, 0.25) is 0 Å². The maximum absolute atomic E-state index is 14.0. The fourth-order valence-corrected chi connectivity index (χ4v) is 9.70. The molecule has 2 heterocycles. The first-order valence-electron chi connectivity index (χ1n) is 15.8. The lowest BCUT2D eigenvalue weighted by molar-refractivity contribution is -0.0643. The summed E-state index contributed by atoms with van der Waals surface area (Å²) >= 11 is 0. The number of fused-ring (bicyclic) bond motifs is 8. The molecule has 5 aliphatic carbocycles. The molecule has 9 rings (SSSR count). The minimum absolute atomic E-state index is 0.132. The zero-order valence-corrected chi connectivity index (χ0v) is 24.7. The summed E-state index contributed by atoms with van der Waals surface area (Å²) in [5.41, 5.74) is 4.19. The van der Waals surface area contributed by atoms with Crippen LogP contribution in [-0.4, -0.2) is 58.4 Å². The highest BCUT2D eigenvalue weighted by Gasteiger charge is 2.67. The number of amides is 3. The topological polar surface area (TPSA) is 88.2 Å². The summed E-state index contributed by atoms with van der Waals surface area (Å²) in [6.07, 6.45) is 4.24. The Labute approximate surface area is 246 Å². The summed E-state index contributed by atoms with van der Waals surface area (Å²) in [4.78, 5) is 41.6. The van der Waals surface area contributed by atoms with E-state index in [2.05, 4.69) is 17.4 Å². The van der Waals surface area contributed by atoms with Crippen molar-refractivity contribution in [3.05, 3.63) is 58.7 Å². The Hall–Kier alpha value is -3.55. The van der Waals surface area contributed by atoms with E-state index in [1.807, 2.05) is 52.0 Å². The molecule has 5 saturated carbocycles. The van der Waals surface area contributed by atoms with Gasteiger partial charge in [-0.1, -0.05) is 29.8 Å². The quantitative estimate of drug-likeness (QED) is 0.438. The number of carbonyl (C=O) groups is 3. The number of carbonyl (C=O) groups excluding carboxylic acids is 3. The molecule has 42 heavy (non-hydrogen) atoms. The van der Waals surface area contributed by atoms with Gasteiger partial charge in [0.1, 0.15) is 6.04 Å². The molecule has 2 aliphatic heterocycles. The van der Waals surface area contributed by atoms with E-state index in [-0.39, 0.29) is 30.1 Å². The predicted octanol–water partition coefficient (Wildman–Crippen LogP) is 6.16. The number of nitrogens with one attached hydrogen (secondary N) is 1. The van der Waals surface area contributed by atoms with Crippen molar-refractivity contribution in [2.75, 3.05) is 0 Å². The highest BCUT2D eigenvalue weighted by atomic mass is 16.6. The van der Waals surface area contributed by atoms with Crippen LogP contribution in [0.25, 0.3) is 10.8 Å². The molecule has 0 unspecified atom stereocenters. The molecule has 3 amide bonds. The second-order valence-corrected chi connectivity index (χ2v) is 14.0. The smallest absolute Gasteiger partial charge is 0.429 e. The molecule has 0 aromatic heterocycles. The van der Waals surface area contributed by atoms with E-state index >= 15 is 0 Å². The Morgan fingerprint density at radius 2 is 1.33 bits per heavy atom. The van der Waals surface area contributed by atoms with Crippen LogP contribution < -0.4 is 5.32 Å². The fourth-order valence-electron chi connectivity index (χ4n) is 9.70. The highest BCUT2D eigenvalue weighted by molar-refractivity contribution is 6.02. The fraction of sp³-hybridized carbons (Fsp3) is 0.559. The van der Waals surface area contributed by atoms with Crippen LogP contribution >= 0.6 is 0 Å². The summed E-state index contributed by atoms with van der Waals surface area (Å²) in [6, 6.07) is 10.9. The molecule has 1 saturated heterocycles. The number of ether oxygens (including phenoxy) is 2. The first kappa shape index (κ1) is 26.1. The molecule has 6 fully saturated rings. The van der Waals surface area contributed by atoms with Crippen molar-refractivity contribution in [3.8, 4) is 0 Å². The van der Waals surface area contributed by atoms with Crippen LogP contribution in [0.15, 0.2) is 47.5 Å². The number of nitrogens with zero attached hydrogens (tertiary/aromatic N) is 2. The average molecular weight is 570 g/mol. The third kappa shape index (κ3) is 3.69. The zero-order valence-electron chi connectivity index (χ0n) is 24.7. The van der Waals surface area contributed by atoms with Gasteiger partial charge in [0.25, 0.3) is 5.91 Å². The van der Waals surface area contributed by atoms with Crippen molar-refractivity contribution in [2.24, 2.45) is 23.7 Å². The van der Waals surface area contributed by atoms with Crippen LogP contribution in [0.4, 0.5) is 9.59 Å². The van der Waals surface area contributed by atoms with Crippen molar-refractivity contribution in [1.82, 2.24) is 15.3 Å². The summed E-state index contributed by atoms with van der Waals surface area (Å²) < 4.78 is 11.6. The molecule has 2 aromatic rings. The number of hydrogen-bond acceptors (Lipinski definition) is 5. The van der Waals surface area contributed by atoms with Gasteiger partial charge in [0, 0.05) is 11.5 Å². The van der Waals surface area contributed by atoms with E-state index in [0.717, 1.165) is 33.7 Å². The Kier molecular flexibility index (Phi) is 5.73. The largest absolute Gasteiger partial charge is 0.445 e. The molecule has 220 valence electrons. The van der Waals surface area contributed by atoms with Crippen molar-refractivity contribution in [1.29, 1.82) is 0 Å². The summed E-state index contributed by atoms with van der Waals surface area (Å²) in [6.45, 7) is 7.27. The van der Waals surface area contributed by atoms with E-state index in [0.29, 0.717) is 17.4 Å². The second-order valence-electron chi connectivity index (χ2n) is 14.0. The molecule has 2 aromatic carbocycles. The molecule has 4 atom stereocenters. The van der Waals surface area contributed by atoms with Crippen molar-refractivity contribution >= 4 is 28.9 Å². The van der Waals surface area contributed by atoms with E-state index in [1.54, 1.807) is 5.01 Å². The molecule has 1 N–H and O–H groups in total. The molecular formula is C34H39N3O5. The average Bonchev–Trinajstić information content (AvgIpc) is 3.42. The first-order valence-corrected chi connectivity index (χ1v) is 15.8. The van der Waals surface area contributed by atoms with Gasteiger partial charge >= 0.3 is 12.2 Å². The maximum atomic E-state index is 14.0. The second kappa shape index (κ2) is 9.22. The van der Waals surface area contributed by atoms with Gasteiger partial charge in [0.15, 0.2) is 0 Å². The number of rotatable bonds is 2. The Morgan fingerprint density at radius 1 is 0.786 bits per heavy atom. The number of benzene rings is 2. The molecule has 8 nitrogen and oxygen atoms in total. The van der Waals surface area contributed by atoms with Crippen LogP contribution in [0, 0.1) is 23.7 Å². The van der Waals surface area contributed by atoms with Crippen LogP contribution in [-0.2, 0) is 9.47 Å². The molecule has 8 heteroatoms. The molecular weight excluding hydrogens is 530 g/mol. The third-order valence-electron chi connectivity index (χ3n) is 10.7. The van der Waals surface area contributed by atoms with Gasteiger partial charge in [-0.05, 0) is 118 Å². The Balaban J connectivity index is 1.35. The van der Waals surface area contributed by atoms with Gasteiger partial charge in [0.05, 0.1) is 24.3 Å². The van der Waals surface area contributed by atoms with E-state index < -0.39 is 24.3 Å². The minimum Gasteiger partial charge on any atom is -0.445 e. The molecule has 7 aliphatic rings. The minimum atomic E-state index is -0.572. The van der Waals surface area contributed by atoms with E-state index in [9.17, 15) is 14.4 Å². The van der Waals surface area contributed by atoms with Crippen LogP contribution in [0.3, 0.4) is 0 Å². The molecule has 6 bridgehead atoms. The van der Waals surface area contributed by atoms with Crippen molar-refractivity contribution < 1.29 is 23.9 Å². The predicted molar refractivity (Wildman–Crippen MR) is 157 cm³/mol. The maximum Gasteiger partial charge on any atom is 0.429 e. The summed E-state index contributed by atoms with van der Waals surface area (Å²) in [7, 11) is 0. The monoisotopic (exact) mass is 569 g/mol. The summed E-state index contributed by atoms with van der Waals surface area (Å²) in [5, 5.41) is 8.44. The Morgan fingerprint density at radius 3 is 1.90 bits per heavy atom. The van der Waals surface area contributed by atoms with Gasteiger partial charge < -0.3 is 14.8 Å². The normalized spacial score (nSPS) is 33.9. The lowest BCUT2D eigenvalue weighted by Crippen LogP contribution is -2.65. The standard InChI is InChI=1S/C34H39N3O5/c1-16(2)41-33(39)36-30-27-24-14-20-7-5-6-8-21(20)15-25(24)32(38)35-29(27)31(37(36)34(40)42-17(3)4)28(30)26-22-10-18-9-19(12-22)13-23(26)11-18/h5-8,14-19,22-23,27,29-31H,9-13H2,1-4H3,(H,35,38)/t18?,19?,22?,23?,27-,29+,30+,31+/m0/s1. The van der Waals surface area contributed by atoms with Crippen LogP contribution in [0.1, 0.15) is 81.6 Å². The number of hydrogen-bond donors (Lipinski definition) is 1. The molecule has 0 radical (unpaired) electrons. The SMILES string of the molecule is CC(C)OC(=O)N1[C@@H]2C(=C3C4CC5CC(C4)CC3C5)[C@@H]([C@H]3c4cc5ccccc5cc4C(=O)N[C@H]32)N1C(=O)OC(C)C. The van der Waals surface area contributed by atoms with Crippen molar-refractivity contribution in [2.45, 2.75) is 96.1 Å². The number of allylic oxidation sites excluding steroid dienone is 1. The first-order chi connectivity index (χ1) is 20.2. The van der Waals surface area contributed by atoms with Crippen LogP contribution in [0.5, 0.6) is 0 Å². The van der Waals surface area contributed by atoms with Gasteiger partial charge in [-0.25, -0.2) is 19.6 Å². The zero-order chi connectivity index (χ0) is 29.0. The van der Waals surface area contributed by atoms with Gasteiger partial charge in [-0.3, -0.25) is 4.79 Å². The third-order valence-corrected chi connectivity index (χ3v) is 10.7. The van der Waals surface area contributed by atoms with Gasteiger partial charge in [-0.2, -0.15) is 0 Å². The van der Waals surface area contributed by atoms with Crippen molar-refractivity contribution in [3.63, 3.8) is 0 Å². The Bertz CT molecular complexity index is 1510. The molecule has 0 spiro atoms. The lowest BCUT2D eigenvalue weighted by Gasteiger charge is -2.52. The lowest BCUT2D eigenvalue weighted by atomic mass is 9.53. The highest BCUT2D eigenvalue weighted by Crippen LogP contribution is 2.62. The van der Waals surface area contributed by atoms with Crippen LogP contribution in [0.2, 0.25) is 0 Å². The number of hydrazine groups is 1. The summed E-state index contributed by atoms with van der Waals surface area (Å²) in [5.74, 6) is 2.15. The van der Waals surface area contributed by atoms with Gasteiger partial charge in [-0.15, -0.1) is 0 Å². The van der Waals surface area contributed by atoms with E-state index in [1.165, 1.54) is 42.7 Å². The van der Waals surface area contributed by atoms with E-state index in [4.69, 9.17) is 9.47 Å².